The Morgan fingerprint density at radius 3 is 2.88 bits per heavy atom. The minimum absolute atomic E-state index is 0.137. The molecular formula is C15H14IN3O4S. The Hall–Kier alpha value is -1.59. The number of aliphatic carboxylic acids is 1. The molecule has 1 aromatic heterocycles. The summed E-state index contributed by atoms with van der Waals surface area (Å²) in [4.78, 5) is 23.3. The highest BCUT2D eigenvalue weighted by Crippen LogP contribution is 2.34. The molecule has 126 valence electrons. The molecule has 2 N–H and O–H groups in total. The number of aromatic nitrogens is 2. The predicted molar refractivity (Wildman–Crippen MR) is 97.1 cm³/mol. The van der Waals surface area contributed by atoms with Crippen LogP contribution in [0.4, 0.5) is 0 Å². The van der Waals surface area contributed by atoms with Gasteiger partial charge in [-0.05, 0) is 40.3 Å². The van der Waals surface area contributed by atoms with Gasteiger partial charge in [-0.15, -0.1) is 11.8 Å². The van der Waals surface area contributed by atoms with Gasteiger partial charge >= 0.3 is 11.9 Å². The molecular weight excluding hydrogens is 445 g/mol. The van der Waals surface area contributed by atoms with E-state index in [-0.39, 0.29) is 5.37 Å². The third-order valence-electron chi connectivity index (χ3n) is 3.51. The van der Waals surface area contributed by atoms with Crippen LogP contribution in [-0.2, 0) is 11.8 Å². The van der Waals surface area contributed by atoms with Gasteiger partial charge in [0.05, 0.1) is 5.37 Å². The maximum absolute atomic E-state index is 12.2. The maximum Gasteiger partial charge on any atom is 0.362 e. The summed E-state index contributed by atoms with van der Waals surface area (Å²) >= 11 is 3.54. The lowest BCUT2D eigenvalue weighted by molar-refractivity contribution is -0.138. The Morgan fingerprint density at radius 1 is 1.46 bits per heavy atom. The number of carbonyl (C=O) groups excluding carboxylic acids is 1. The number of esters is 1. The minimum Gasteiger partial charge on any atom is -0.480 e. The van der Waals surface area contributed by atoms with Crippen molar-refractivity contribution in [2.45, 2.75) is 11.4 Å². The van der Waals surface area contributed by atoms with Gasteiger partial charge in [0.25, 0.3) is 0 Å². The highest BCUT2D eigenvalue weighted by molar-refractivity contribution is 14.1. The standard InChI is InChI=1S/C15H14IN3O4S/c1-19-11(6-12(16)18-19)15(22)23-9-4-2-3-8(5-9)13-17-10(7-24-13)14(20)21/h2-6,10,13,17H,7H2,1H3,(H,20,21). The van der Waals surface area contributed by atoms with Gasteiger partial charge in [0.1, 0.15) is 21.2 Å². The van der Waals surface area contributed by atoms with Crippen molar-refractivity contribution in [3.8, 4) is 5.75 Å². The van der Waals surface area contributed by atoms with Crippen molar-refractivity contribution in [2.75, 3.05) is 5.75 Å². The van der Waals surface area contributed by atoms with Crippen molar-refractivity contribution < 1.29 is 19.4 Å². The van der Waals surface area contributed by atoms with Crippen LogP contribution in [0.1, 0.15) is 21.4 Å². The Labute approximate surface area is 155 Å². The summed E-state index contributed by atoms with van der Waals surface area (Å²) in [5, 5.41) is 16.1. The molecule has 1 fully saturated rings. The normalized spacial score (nSPS) is 20.1. The topological polar surface area (TPSA) is 93.5 Å². The third kappa shape index (κ3) is 3.73. The van der Waals surface area contributed by atoms with Crippen LogP contribution in [0.15, 0.2) is 30.3 Å². The Balaban J connectivity index is 1.73. The number of ether oxygens (including phenoxy) is 1. The van der Waals surface area contributed by atoms with Gasteiger partial charge in [0.2, 0.25) is 0 Å². The predicted octanol–water partition coefficient (Wildman–Crippen LogP) is 2.03. The number of rotatable bonds is 4. The summed E-state index contributed by atoms with van der Waals surface area (Å²) in [7, 11) is 1.68. The van der Waals surface area contributed by atoms with Gasteiger partial charge in [0.15, 0.2) is 0 Å². The summed E-state index contributed by atoms with van der Waals surface area (Å²) < 4.78 is 7.59. The fourth-order valence-electron chi connectivity index (χ4n) is 2.33. The van der Waals surface area contributed by atoms with E-state index >= 15 is 0 Å². The van der Waals surface area contributed by atoms with Gasteiger partial charge in [-0.25, -0.2) is 4.79 Å². The number of aryl methyl sites for hydroxylation is 1. The average Bonchev–Trinajstić information content (AvgIpc) is 3.14. The largest absolute Gasteiger partial charge is 0.480 e. The Morgan fingerprint density at radius 2 is 2.25 bits per heavy atom. The zero-order chi connectivity index (χ0) is 17.3. The monoisotopic (exact) mass is 459 g/mol. The number of hydrogen-bond donors (Lipinski definition) is 2. The van der Waals surface area contributed by atoms with E-state index in [4.69, 9.17) is 9.84 Å². The summed E-state index contributed by atoms with van der Waals surface area (Å²) in [6, 6.07) is 8.17. The first-order valence-electron chi connectivity index (χ1n) is 7.06. The molecule has 2 heterocycles. The summed E-state index contributed by atoms with van der Waals surface area (Å²) in [6.07, 6.45) is 0. The van der Waals surface area contributed by atoms with Gasteiger partial charge in [-0.1, -0.05) is 12.1 Å². The molecule has 9 heteroatoms. The second-order valence-electron chi connectivity index (χ2n) is 5.21. The van der Waals surface area contributed by atoms with Crippen molar-refractivity contribution in [3.05, 3.63) is 45.3 Å². The number of carboxylic acids is 1. The second-order valence-corrected chi connectivity index (χ2v) is 7.45. The number of nitrogens with zero attached hydrogens (tertiary/aromatic N) is 2. The molecule has 0 radical (unpaired) electrons. The summed E-state index contributed by atoms with van der Waals surface area (Å²) in [5.74, 6) is -0.439. The molecule has 0 bridgehead atoms. The van der Waals surface area contributed by atoms with Crippen molar-refractivity contribution in [1.82, 2.24) is 15.1 Å². The van der Waals surface area contributed by atoms with Crippen LogP contribution in [0.2, 0.25) is 0 Å². The van der Waals surface area contributed by atoms with Crippen LogP contribution in [0, 0.1) is 3.70 Å². The molecule has 1 aromatic carbocycles. The van der Waals surface area contributed by atoms with E-state index in [0.717, 1.165) is 5.56 Å². The third-order valence-corrected chi connectivity index (χ3v) is 5.31. The molecule has 1 saturated heterocycles. The van der Waals surface area contributed by atoms with Crippen LogP contribution in [-0.4, -0.2) is 38.6 Å². The number of carboxylic acid groups (broad SMARTS) is 1. The van der Waals surface area contributed by atoms with Gasteiger partial charge < -0.3 is 9.84 Å². The highest BCUT2D eigenvalue weighted by atomic mass is 127. The van der Waals surface area contributed by atoms with E-state index in [1.165, 1.54) is 16.4 Å². The van der Waals surface area contributed by atoms with Crippen molar-refractivity contribution >= 4 is 46.3 Å². The van der Waals surface area contributed by atoms with Crippen LogP contribution in [0.25, 0.3) is 0 Å². The van der Waals surface area contributed by atoms with E-state index in [1.54, 1.807) is 31.3 Å². The molecule has 7 nitrogen and oxygen atoms in total. The van der Waals surface area contributed by atoms with E-state index < -0.39 is 18.0 Å². The molecule has 24 heavy (non-hydrogen) atoms. The highest BCUT2D eigenvalue weighted by Gasteiger charge is 2.30. The summed E-state index contributed by atoms with van der Waals surface area (Å²) in [6.45, 7) is 0. The molecule has 0 spiro atoms. The molecule has 2 unspecified atom stereocenters. The van der Waals surface area contributed by atoms with Crippen LogP contribution in [0.3, 0.4) is 0 Å². The van der Waals surface area contributed by atoms with E-state index in [0.29, 0.717) is 20.9 Å². The molecule has 1 aliphatic heterocycles. The van der Waals surface area contributed by atoms with Gasteiger partial charge in [-0.2, -0.15) is 5.10 Å². The zero-order valence-electron chi connectivity index (χ0n) is 12.6. The lowest BCUT2D eigenvalue weighted by Gasteiger charge is -2.12. The number of benzene rings is 1. The number of carbonyl (C=O) groups is 2. The van der Waals surface area contributed by atoms with Crippen LogP contribution < -0.4 is 10.1 Å². The Kier molecular flexibility index (Phi) is 5.11. The van der Waals surface area contributed by atoms with E-state index in [2.05, 4.69) is 10.4 Å². The molecule has 3 rings (SSSR count). The van der Waals surface area contributed by atoms with Crippen LogP contribution >= 0.6 is 34.4 Å². The second kappa shape index (κ2) is 7.11. The Bertz CT molecular complexity index is 795. The fraction of sp³-hybridized carbons (Fsp3) is 0.267. The lowest BCUT2D eigenvalue weighted by atomic mass is 10.2. The molecule has 0 amide bonds. The van der Waals surface area contributed by atoms with E-state index in [1.807, 2.05) is 28.7 Å². The first-order valence-corrected chi connectivity index (χ1v) is 9.19. The number of hydrogen-bond acceptors (Lipinski definition) is 6. The van der Waals surface area contributed by atoms with Crippen molar-refractivity contribution in [1.29, 1.82) is 0 Å². The van der Waals surface area contributed by atoms with Gasteiger partial charge in [0, 0.05) is 18.9 Å². The fourth-order valence-corrected chi connectivity index (χ4v) is 4.17. The average molecular weight is 459 g/mol. The summed E-state index contributed by atoms with van der Waals surface area (Å²) in [5.41, 5.74) is 1.23. The first kappa shape index (κ1) is 17.2. The maximum atomic E-state index is 12.2. The molecule has 0 saturated carbocycles. The SMILES string of the molecule is Cn1nc(I)cc1C(=O)Oc1cccc(C2NC(C(=O)O)CS2)c1. The lowest BCUT2D eigenvalue weighted by Crippen LogP contribution is -2.33. The molecule has 2 aromatic rings. The smallest absolute Gasteiger partial charge is 0.362 e. The van der Waals surface area contributed by atoms with Crippen molar-refractivity contribution in [2.24, 2.45) is 7.05 Å². The number of halogens is 1. The number of nitrogens with one attached hydrogen (secondary N) is 1. The zero-order valence-corrected chi connectivity index (χ0v) is 15.6. The van der Waals surface area contributed by atoms with Gasteiger partial charge in [-0.3, -0.25) is 14.8 Å². The molecule has 0 aliphatic carbocycles. The van der Waals surface area contributed by atoms with E-state index in [9.17, 15) is 9.59 Å². The first-order chi connectivity index (χ1) is 11.4. The number of thioether (sulfide) groups is 1. The minimum atomic E-state index is -0.863. The van der Waals surface area contributed by atoms with Crippen LogP contribution in [0.5, 0.6) is 5.75 Å². The quantitative estimate of drug-likeness (QED) is 0.411. The molecule has 1 aliphatic rings. The molecule has 2 atom stereocenters. The van der Waals surface area contributed by atoms with Crippen molar-refractivity contribution in [3.63, 3.8) is 0 Å².